The van der Waals surface area contributed by atoms with Crippen LogP contribution in [0.1, 0.15) is 32.1 Å². The van der Waals surface area contributed by atoms with Crippen LogP contribution in [-0.2, 0) is 14.3 Å². The van der Waals surface area contributed by atoms with E-state index in [9.17, 15) is 14.7 Å². The second-order valence-electron chi connectivity index (χ2n) is 5.70. The number of ether oxygens (including phenoxy) is 1. The third-order valence-electron chi connectivity index (χ3n) is 4.25. The van der Waals surface area contributed by atoms with E-state index in [4.69, 9.17) is 9.84 Å². The maximum atomic E-state index is 11.7. The van der Waals surface area contributed by atoms with Gasteiger partial charge in [0, 0.05) is 25.6 Å². The molecule has 3 atom stereocenters. The van der Waals surface area contributed by atoms with Crippen molar-refractivity contribution in [1.82, 2.24) is 10.2 Å². The molecule has 7 heteroatoms. The highest BCUT2D eigenvalue weighted by atomic mass is 16.5. The second-order valence-corrected chi connectivity index (χ2v) is 5.70. The van der Waals surface area contributed by atoms with Crippen LogP contribution in [0.15, 0.2) is 0 Å². The van der Waals surface area contributed by atoms with Crippen molar-refractivity contribution < 1.29 is 24.5 Å². The molecule has 1 aliphatic heterocycles. The van der Waals surface area contributed by atoms with Crippen molar-refractivity contribution in [2.75, 3.05) is 26.3 Å². The number of morpholine rings is 1. The number of amides is 1. The number of hydrogen-bond donors (Lipinski definition) is 3. The smallest absolute Gasteiger partial charge is 0.303 e. The van der Waals surface area contributed by atoms with Crippen LogP contribution in [0.2, 0.25) is 0 Å². The fraction of sp³-hybridized carbons (Fsp3) is 0.857. The number of hydrogen-bond acceptors (Lipinski definition) is 5. The van der Waals surface area contributed by atoms with Crippen molar-refractivity contribution in [1.29, 1.82) is 0 Å². The third kappa shape index (κ3) is 4.66. The zero-order valence-corrected chi connectivity index (χ0v) is 12.2. The molecular formula is C14H24N2O5. The van der Waals surface area contributed by atoms with Crippen molar-refractivity contribution in [3.05, 3.63) is 0 Å². The van der Waals surface area contributed by atoms with Gasteiger partial charge in [-0.15, -0.1) is 0 Å². The Balaban J connectivity index is 1.85. The van der Waals surface area contributed by atoms with Crippen molar-refractivity contribution >= 4 is 11.9 Å². The minimum Gasteiger partial charge on any atom is -0.481 e. The molecule has 1 amide bonds. The average molecular weight is 300 g/mol. The molecule has 0 aromatic rings. The van der Waals surface area contributed by atoms with Crippen LogP contribution in [0, 0.1) is 0 Å². The quantitative estimate of drug-likeness (QED) is 0.638. The van der Waals surface area contributed by atoms with Crippen LogP contribution >= 0.6 is 0 Å². The van der Waals surface area contributed by atoms with Crippen LogP contribution in [0.4, 0.5) is 0 Å². The summed E-state index contributed by atoms with van der Waals surface area (Å²) in [7, 11) is 0. The molecule has 1 aliphatic carbocycles. The summed E-state index contributed by atoms with van der Waals surface area (Å²) in [6, 6.07) is -0.236. The van der Waals surface area contributed by atoms with Crippen molar-refractivity contribution in [2.45, 2.75) is 50.3 Å². The fourth-order valence-electron chi connectivity index (χ4n) is 3.12. The van der Waals surface area contributed by atoms with Crippen LogP contribution in [0.25, 0.3) is 0 Å². The zero-order chi connectivity index (χ0) is 15.2. The maximum Gasteiger partial charge on any atom is 0.303 e. The molecule has 1 heterocycles. The topological polar surface area (TPSA) is 99.1 Å². The number of carbonyl (C=O) groups is 2. The Morgan fingerprint density at radius 1 is 1.19 bits per heavy atom. The van der Waals surface area contributed by atoms with E-state index >= 15 is 0 Å². The summed E-state index contributed by atoms with van der Waals surface area (Å²) in [6.07, 6.45) is 1.78. The first kappa shape index (κ1) is 16.2. The molecule has 21 heavy (non-hydrogen) atoms. The van der Waals surface area contributed by atoms with Gasteiger partial charge in [-0.3, -0.25) is 14.5 Å². The minimum atomic E-state index is -0.986. The molecule has 3 N–H and O–H groups in total. The van der Waals surface area contributed by atoms with Gasteiger partial charge >= 0.3 is 5.97 Å². The van der Waals surface area contributed by atoms with Crippen LogP contribution < -0.4 is 5.32 Å². The number of aliphatic hydroxyl groups excluding tert-OH is 1. The largest absolute Gasteiger partial charge is 0.481 e. The minimum absolute atomic E-state index is 0.0409. The number of carboxylic acid groups (broad SMARTS) is 1. The summed E-state index contributed by atoms with van der Waals surface area (Å²) < 4.78 is 5.32. The van der Waals surface area contributed by atoms with Gasteiger partial charge in [0.05, 0.1) is 31.8 Å². The number of aliphatic carboxylic acids is 1. The van der Waals surface area contributed by atoms with Crippen LogP contribution in [0.3, 0.4) is 0 Å². The summed E-state index contributed by atoms with van der Waals surface area (Å²) in [5, 5.41) is 21.9. The first-order valence-corrected chi connectivity index (χ1v) is 7.59. The predicted octanol–water partition coefficient (Wildman–Crippen LogP) is -0.418. The molecule has 2 fully saturated rings. The van der Waals surface area contributed by atoms with Gasteiger partial charge in [-0.05, 0) is 19.3 Å². The lowest BCUT2D eigenvalue weighted by Gasteiger charge is -2.43. The van der Waals surface area contributed by atoms with E-state index in [1.165, 1.54) is 0 Å². The van der Waals surface area contributed by atoms with Gasteiger partial charge in [-0.1, -0.05) is 0 Å². The van der Waals surface area contributed by atoms with E-state index in [1.54, 1.807) is 0 Å². The molecule has 1 saturated carbocycles. The van der Waals surface area contributed by atoms with E-state index in [0.717, 1.165) is 32.4 Å². The first-order chi connectivity index (χ1) is 10.1. The lowest BCUT2D eigenvalue weighted by atomic mass is 9.86. The Labute approximate surface area is 124 Å². The normalized spacial score (nSPS) is 30.8. The van der Waals surface area contributed by atoms with Crippen molar-refractivity contribution in [2.24, 2.45) is 0 Å². The van der Waals surface area contributed by atoms with Gasteiger partial charge in [0.25, 0.3) is 0 Å². The molecule has 0 aromatic heterocycles. The van der Waals surface area contributed by atoms with E-state index < -0.39 is 12.1 Å². The van der Waals surface area contributed by atoms with E-state index in [-0.39, 0.29) is 30.8 Å². The number of nitrogens with zero attached hydrogens (tertiary/aromatic N) is 1. The first-order valence-electron chi connectivity index (χ1n) is 7.59. The van der Waals surface area contributed by atoms with E-state index in [1.807, 2.05) is 0 Å². The maximum absolute atomic E-state index is 11.7. The molecule has 2 aliphatic rings. The summed E-state index contributed by atoms with van der Waals surface area (Å²) >= 11 is 0. The van der Waals surface area contributed by atoms with Crippen molar-refractivity contribution in [3.8, 4) is 0 Å². The van der Waals surface area contributed by atoms with E-state index in [0.29, 0.717) is 13.2 Å². The van der Waals surface area contributed by atoms with Gasteiger partial charge in [-0.25, -0.2) is 0 Å². The molecular weight excluding hydrogens is 276 g/mol. The number of carboxylic acids is 1. The van der Waals surface area contributed by atoms with Crippen LogP contribution in [-0.4, -0.2) is 71.5 Å². The fourth-order valence-corrected chi connectivity index (χ4v) is 3.12. The predicted molar refractivity (Wildman–Crippen MR) is 74.8 cm³/mol. The molecule has 0 unspecified atom stereocenters. The molecule has 7 nitrogen and oxygen atoms in total. The standard InChI is InChI=1S/C14H24N2O5/c17-12(4-5-13(18)19)15-10-2-1-3-11(14(10)20)16-6-8-21-9-7-16/h10-11,14,20H,1-9H2,(H,15,17)(H,18,19)/t10-,11-,14-/m1/s1. The molecule has 120 valence electrons. The average Bonchev–Trinajstić information content (AvgIpc) is 2.48. The van der Waals surface area contributed by atoms with Crippen LogP contribution in [0.5, 0.6) is 0 Å². The lowest BCUT2D eigenvalue weighted by Crippen LogP contribution is -2.58. The molecule has 0 radical (unpaired) electrons. The highest BCUT2D eigenvalue weighted by molar-refractivity contribution is 5.80. The van der Waals surface area contributed by atoms with Gasteiger partial charge in [0.2, 0.25) is 5.91 Å². The van der Waals surface area contributed by atoms with Gasteiger partial charge in [0.1, 0.15) is 0 Å². The number of rotatable bonds is 5. The molecule has 1 saturated heterocycles. The van der Waals surface area contributed by atoms with Gasteiger partial charge in [-0.2, -0.15) is 0 Å². The van der Waals surface area contributed by atoms with Gasteiger partial charge in [0.15, 0.2) is 0 Å². The third-order valence-corrected chi connectivity index (χ3v) is 4.25. The zero-order valence-electron chi connectivity index (χ0n) is 12.2. The summed E-state index contributed by atoms with van der Waals surface area (Å²) in [4.78, 5) is 24.4. The Hall–Kier alpha value is -1.18. The summed E-state index contributed by atoms with van der Waals surface area (Å²) in [5.41, 5.74) is 0. The number of nitrogens with one attached hydrogen (secondary N) is 1. The monoisotopic (exact) mass is 300 g/mol. The molecule has 2 rings (SSSR count). The van der Waals surface area contributed by atoms with Crippen molar-refractivity contribution in [3.63, 3.8) is 0 Å². The van der Waals surface area contributed by atoms with Gasteiger partial charge < -0.3 is 20.3 Å². The Morgan fingerprint density at radius 2 is 1.90 bits per heavy atom. The number of aliphatic hydroxyl groups is 1. The summed E-state index contributed by atoms with van der Waals surface area (Å²) in [5.74, 6) is -1.29. The molecule has 0 aromatic carbocycles. The highest BCUT2D eigenvalue weighted by Gasteiger charge is 2.36. The second kappa shape index (κ2) is 7.72. The Morgan fingerprint density at radius 3 is 2.57 bits per heavy atom. The Kier molecular flexibility index (Phi) is 5.96. The summed E-state index contributed by atoms with van der Waals surface area (Å²) in [6.45, 7) is 2.97. The molecule has 0 spiro atoms. The Bertz CT molecular complexity index is 370. The molecule has 0 bridgehead atoms. The van der Waals surface area contributed by atoms with E-state index in [2.05, 4.69) is 10.2 Å². The SMILES string of the molecule is O=C(O)CCC(=O)N[C@@H]1CCC[C@@H](N2CCOCC2)[C@@H]1O. The highest BCUT2D eigenvalue weighted by Crippen LogP contribution is 2.24. The number of carbonyl (C=O) groups excluding carboxylic acids is 1. The lowest BCUT2D eigenvalue weighted by molar-refractivity contribution is -0.139.